The van der Waals surface area contributed by atoms with Gasteiger partial charge in [0.15, 0.2) is 0 Å². The number of anilines is 1. The van der Waals surface area contributed by atoms with Gasteiger partial charge in [0.05, 0.1) is 16.5 Å². The highest BCUT2D eigenvalue weighted by molar-refractivity contribution is 7.17. The highest BCUT2D eigenvalue weighted by Gasteiger charge is 2.25. The lowest BCUT2D eigenvalue weighted by molar-refractivity contribution is -0.385. The monoisotopic (exact) mass is 481 g/mol. The Morgan fingerprint density at radius 1 is 1.06 bits per heavy atom. The van der Waals surface area contributed by atoms with Crippen LogP contribution in [0.1, 0.15) is 27.7 Å². The average Bonchev–Trinajstić information content (AvgIpc) is 3.13. The molecule has 0 saturated heterocycles. The molecule has 1 heterocycles. The van der Waals surface area contributed by atoms with Crippen LogP contribution in [0.2, 0.25) is 0 Å². The molecule has 0 aliphatic rings. The second-order valence-corrected chi connectivity index (χ2v) is 8.16. The number of non-ortho nitro benzene ring substituents is 2. The molecular weight excluding hydrogens is 462 g/mol. The number of carbonyl (C=O) groups is 2. The Morgan fingerprint density at radius 3 is 2.35 bits per heavy atom. The number of nitro benzene ring substituents is 2. The van der Waals surface area contributed by atoms with Crippen LogP contribution >= 0.6 is 11.3 Å². The largest absolute Gasteiger partial charge is 0.462 e. The molecule has 0 unspecified atom stereocenters. The van der Waals surface area contributed by atoms with Gasteiger partial charge in [-0.15, -0.1) is 11.3 Å². The number of ether oxygens (including phenoxy) is 1. The van der Waals surface area contributed by atoms with E-state index in [4.69, 9.17) is 4.74 Å². The zero-order valence-corrected chi connectivity index (χ0v) is 19.0. The summed E-state index contributed by atoms with van der Waals surface area (Å²) in [7, 11) is 0. The van der Waals surface area contributed by atoms with Gasteiger partial charge in [0.1, 0.15) is 10.6 Å². The summed E-state index contributed by atoms with van der Waals surface area (Å²) in [6, 6.07) is 11.5. The maximum Gasteiger partial charge on any atom is 0.341 e. The molecule has 1 N–H and O–H groups in total. The molecule has 34 heavy (non-hydrogen) atoms. The first-order valence-corrected chi connectivity index (χ1v) is 10.8. The number of nitrogens with one attached hydrogen (secondary N) is 1. The van der Waals surface area contributed by atoms with Gasteiger partial charge in [-0.2, -0.15) is 0 Å². The van der Waals surface area contributed by atoms with Crippen molar-refractivity contribution in [2.24, 2.45) is 0 Å². The van der Waals surface area contributed by atoms with Gasteiger partial charge in [0.25, 0.3) is 11.4 Å². The fraction of sp³-hybridized carbons (Fsp3) is 0.130. The summed E-state index contributed by atoms with van der Waals surface area (Å²) in [4.78, 5) is 46.9. The van der Waals surface area contributed by atoms with Gasteiger partial charge in [-0.25, -0.2) is 4.79 Å². The quantitative estimate of drug-likeness (QED) is 0.197. The van der Waals surface area contributed by atoms with E-state index in [1.54, 1.807) is 19.9 Å². The summed E-state index contributed by atoms with van der Waals surface area (Å²) in [6.07, 6.45) is 2.62. The van der Waals surface area contributed by atoms with Crippen LogP contribution < -0.4 is 5.32 Å². The third-order valence-corrected chi connectivity index (χ3v) is 5.70. The van der Waals surface area contributed by atoms with Gasteiger partial charge in [0.2, 0.25) is 5.91 Å². The van der Waals surface area contributed by atoms with Crippen molar-refractivity contribution in [1.82, 2.24) is 0 Å². The molecule has 0 atom stereocenters. The number of nitrogens with zero attached hydrogens (tertiary/aromatic N) is 2. The minimum absolute atomic E-state index is 0.0888. The van der Waals surface area contributed by atoms with Crippen LogP contribution in [0, 0.1) is 27.2 Å². The predicted molar refractivity (Wildman–Crippen MR) is 128 cm³/mol. The maximum absolute atomic E-state index is 12.8. The number of esters is 1. The molecule has 0 aliphatic carbocycles. The molecule has 0 radical (unpaired) electrons. The van der Waals surface area contributed by atoms with E-state index in [2.05, 4.69) is 5.32 Å². The number of aryl methyl sites for hydroxylation is 1. The highest BCUT2D eigenvalue weighted by atomic mass is 32.1. The molecule has 0 spiro atoms. The molecule has 11 heteroatoms. The Hall–Kier alpha value is -4.38. The van der Waals surface area contributed by atoms with Crippen LogP contribution in [0.5, 0.6) is 0 Å². The van der Waals surface area contributed by atoms with Gasteiger partial charge in [0, 0.05) is 40.8 Å². The van der Waals surface area contributed by atoms with Gasteiger partial charge in [-0.3, -0.25) is 25.0 Å². The second kappa shape index (κ2) is 10.5. The summed E-state index contributed by atoms with van der Waals surface area (Å²) in [6.45, 7) is 3.54. The van der Waals surface area contributed by atoms with Crippen LogP contribution in [0.15, 0.2) is 54.6 Å². The third kappa shape index (κ3) is 5.51. The number of rotatable bonds is 8. The van der Waals surface area contributed by atoms with E-state index in [1.165, 1.54) is 66.0 Å². The number of hydrogen-bond donors (Lipinski definition) is 1. The fourth-order valence-corrected chi connectivity index (χ4v) is 4.26. The predicted octanol–water partition coefficient (Wildman–Crippen LogP) is 5.37. The van der Waals surface area contributed by atoms with E-state index in [9.17, 15) is 29.8 Å². The lowest BCUT2D eigenvalue weighted by atomic mass is 10.0. The van der Waals surface area contributed by atoms with Crippen molar-refractivity contribution in [3.05, 3.63) is 90.8 Å². The average molecular weight is 481 g/mol. The summed E-state index contributed by atoms with van der Waals surface area (Å²) in [5.74, 6) is -1.19. The van der Waals surface area contributed by atoms with Crippen LogP contribution in [-0.2, 0) is 9.53 Å². The Balaban J connectivity index is 1.93. The number of carbonyl (C=O) groups excluding carboxylic acids is 2. The van der Waals surface area contributed by atoms with Crippen LogP contribution in [0.3, 0.4) is 0 Å². The number of nitro groups is 2. The lowest BCUT2D eigenvalue weighted by Gasteiger charge is -2.08. The van der Waals surface area contributed by atoms with Crippen LogP contribution in [-0.4, -0.2) is 28.3 Å². The molecule has 3 aromatic rings. The molecule has 10 nitrogen and oxygen atoms in total. The van der Waals surface area contributed by atoms with Crippen molar-refractivity contribution in [3.8, 4) is 11.1 Å². The normalized spacial score (nSPS) is 10.8. The van der Waals surface area contributed by atoms with Gasteiger partial charge in [-0.1, -0.05) is 12.1 Å². The minimum atomic E-state index is -0.641. The van der Waals surface area contributed by atoms with Crippen molar-refractivity contribution in [2.45, 2.75) is 13.8 Å². The third-order valence-electron chi connectivity index (χ3n) is 4.68. The van der Waals surface area contributed by atoms with Crippen molar-refractivity contribution >= 4 is 45.7 Å². The number of hydrogen-bond acceptors (Lipinski definition) is 8. The van der Waals surface area contributed by atoms with Crippen molar-refractivity contribution < 1.29 is 24.2 Å². The molecule has 0 fully saturated rings. The second-order valence-electron chi connectivity index (χ2n) is 6.94. The number of amides is 1. The summed E-state index contributed by atoms with van der Waals surface area (Å²) in [5, 5.41) is 24.8. The molecule has 0 saturated carbocycles. The first-order valence-electron chi connectivity index (χ1n) is 10.00. The standard InChI is InChI=1S/C23H19N3O7S/c1-3-33-23(28)21-20(16-8-10-17(11-9-16)25(29)30)14(2)34-22(21)24-19(27)12-7-15-5-4-6-18(13-15)26(31)32/h4-13H,3H2,1-2H3,(H,24,27)/b12-7+. The molecule has 3 rings (SSSR count). The Kier molecular flexibility index (Phi) is 7.49. The highest BCUT2D eigenvalue weighted by Crippen LogP contribution is 2.40. The fourth-order valence-electron chi connectivity index (χ4n) is 3.20. The molecule has 174 valence electrons. The molecular formula is C23H19N3O7S. The maximum atomic E-state index is 12.8. The smallest absolute Gasteiger partial charge is 0.341 e. The van der Waals surface area contributed by atoms with Gasteiger partial charge in [-0.05, 0) is 43.2 Å². The zero-order valence-electron chi connectivity index (χ0n) is 18.1. The SMILES string of the molecule is CCOC(=O)c1c(NC(=O)/C=C/c2cccc([N+](=O)[O-])c2)sc(C)c1-c1ccc([N+](=O)[O-])cc1. The van der Waals surface area contributed by atoms with E-state index in [-0.39, 0.29) is 28.5 Å². The van der Waals surface area contributed by atoms with E-state index in [0.717, 1.165) is 0 Å². The zero-order chi connectivity index (χ0) is 24.8. The molecule has 1 amide bonds. The topological polar surface area (TPSA) is 142 Å². The van der Waals surface area contributed by atoms with Crippen molar-refractivity contribution in [2.75, 3.05) is 11.9 Å². The Labute approximate surface area is 197 Å². The molecule has 2 aromatic carbocycles. The van der Waals surface area contributed by atoms with Crippen LogP contribution in [0.25, 0.3) is 17.2 Å². The van der Waals surface area contributed by atoms with Crippen molar-refractivity contribution in [1.29, 1.82) is 0 Å². The minimum Gasteiger partial charge on any atom is -0.462 e. The summed E-state index contributed by atoms with van der Waals surface area (Å²) < 4.78 is 5.18. The molecule has 0 aliphatic heterocycles. The number of thiophene rings is 1. The lowest BCUT2D eigenvalue weighted by Crippen LogP contribution is -2.12. The number of benzene rings is 2. The van der Waals surface area contributed by atoms with Gasteiger partial charge < -0.3 is 10.1 Å². The first-order chi connectivity index (χ1) is 16.2. The summed E-state index contributed by atoms with van der Waals surface area (Å²) in [5.41, 5.74) is 1.49. The first kappa shape index (κ1) is 24.3. The molecule has 0 bridgehead atoms. The van der Waals surface area contributed by atoms with Gasteiger partial charge >= 0.3 is 5.97 Å². The Morgan fingerprint density at radius 2 is 1.74 bits per heavy atom. The van der Waals surface area contributed by atoms with Crippen LogP contribution in [0.4, 0.5) is 16.4 Å². The van der Waals surface area contributed by atoms with E-state index >= 15 is 0 Å². The molecule has 1 aromatic heterocycles. The van der Waals surface area contributed by atoms with E-state index in [0.29, 0.717) is 21.6 Å². The summed E-state index contributed by atoms with van der Waals surface area (Å²) >= 11 is 1.17. The van der Waals surface area contributed by atoms with E-state index in [1.807, 2.05) is 0 Å². The van der Waals surface area contributed by atoms with Crippen molar-refractivity contribution in [3.63, 3.8) is 0 Å². The van der Waals surface area contributed by atoms with E-state index < -0.39 is 21.7 Å². The Bertz CT molecular complexity index is 1300.